The normalized spacial score (nSPS) is 15.8. The molecule has 39 heavy (non-hydrogen) atoms. The Labute approximate surface area is 228 Å². The Kier molecular flexibility index (Phi) is 8.15. The minimum atomic E-state index is -0.998. The first-order valence-corrected chi connectivity index (χ1v) is 13.5. The van der Waals surface area contributed by atoms with E-state index < -0.39 is 12.2 Å². The molecule has 5 rings (SSSR count). The monoisotopic (exact) mass is 524 g/mol. The number of carbonyl (C=O) groups is 1. The summed E-state index contributed by atoms with van der Waals surface area (Å²) in [5.74, 6) is -0.238. The molecule has 1 aliphatic rings. The van der Waals surface area contributed by atoms with Crippen molar-refractivity contribution in [1.29, 1.82) is 0 Å². The fourth-order valence-corrected chi connectivity index (χ4v) is 5.00. The van der Waals surface area contributed by atoms with Crippen molar-refractivity contribution >= 4 is 22.9 Å². The van der Waals surface area contributed by atoms with Crippen molar-refractivity contribution < 1.29 is 19.4 Å². The number of aromatic nitrogens is 1. The van der Waals surface area contributed by atoms with Crippen LogP contribution in [-0.4, -0.2) is 33.3 Å². The number of nitrogens with one attached hydrogen (secondary N) is 1. The minimum Gasteiger partial charge on any atom is -0.392 e. The number of aliphatic hydroxyl groups is 2. The minimum absolute atomic E-state index is 0.0231. The third kappa shape index (κ3) is 6.59. The van der Waals surface area contributed by atoms with Crippen molar-refractivity contribution in [3.63, 3.8) is 0 Å². The molecule has 5 nitrogen and oxygen atoms in total. The summed E-state index contributed by atoms with van der Waals surface area (Å²) in [5, 5.41) is 25.1. The summed E-state index contributed by atoms with van der Waals surface area (Å²) >= 11 is 0. The smallest absolute Gasteiger partial charge is 0.223 e. The number of aliphatic hydroxyl groups excluding tert-OH is 2. The number of para-hydroxylation sites is 1. The van der Waals surface area contributed by atoms with Gasteiger partial charge >= 0.3 is 0 Å². The van der Waals surface area contributed by atoms with E-state index in [9.17, 15) is 19.4 Å². The highest BCUT2D eigenvalue weighted by Gasteiger charge is 2.29. The van der Waals surface area contributed by atoms with E-state index in [1.807, 2.05) is 67.6 Å². The van der Waals surface area contributed by atoms with Crippen molar-refractivity contribution in [2.75, 3.05) is 0 Å². The van der Waals surface area contributed by atoms with E-state index in [-0.39, 0.29) is 30.6 Å². The average molecular weight is 525 g/mol. The van der Waals surface area contributed by atoms with Gasteiger partial charge in [0.25, 0.3) is 0 Å². The van der Waals surface area contributed by atoms with Gasteiger partial charge in [-0.05, 0) is 49.1 Å². The maximum Gasteiger partial charge on any atom is 0.223 e. The zero-order chi connectivity index (χ0) is 27.4. The maximum absolute atomic E-state index is 13.7. The number of pyridine rings is 1. The number of rotatable bonds is 10. The van der Waals surface area contributed by atoms with Gasteiger partial charge in [-0.25, -0.2) is 4.39 Å². The number of hydrogen-bond acceptors (Lipinski definition) is 4. The van der Waals surface area contributed by atoms with E-state index in [1.54, 1.807) is 18.2 Å². The number of nitrogens with zero attached hydrogens (tertiary/aromatic N) is 1. The fraction of sp³-hybridized carbons (Fsp3) is 0.273. The molecule has 1 aliphatic carbocycles. The molecule has 0 spiro atoms. The van der Waals surface area contributed by atoms with Crippen LogP contribution in [0.2, 0.25) is 0 Å². The molecule has 1 heterocycles. The summed E-state index contributed by atoms with van der Waals surface area (Å²) in [6.45, 7) is 1.89. The standard InChI is InChI=1S/C33H33FN2O3/c1-21(22-7-3-2-4-8-22)35-31(39)20-27(38)19-26(37)17-18-29-32(23-13-15-25(34)16-14-23)28-9-5-6-10-30(28)36-33(29)24-11-12-24/h2-10,13-18,21,24,26-27,37-38H,11-12,19-20H2,1H3,(H,35,39)/b18-17+/t21-,26+,27-/m0/s1. The highest BCUT2D eigenvalue weighted by atomic mass is 19.1. The van der Waals surface area contributed by atoms with Crippen molar-refractivity contribution in [2.24, 2.45) is 0 Å². The van der Waals surface area contributed by atoms with E-state index in [0.717, 1.165) is 51.7 Å². The van der Waals surface area contributed by atoms with Crippen LogP contribution >= 0.6 is 0 Å². The zero-order valence-electron chi connectivity index (χ0n) is 21.9. The molecule has 1 amide bonds. The number of fused-ring (bicyclic) bond motifs is 1. The molecule has 1 aromatic heterocycles. The molecular weight excluding hydrogens is 491 g/mol. The lowest BCUT2D eigenvalue weighted by atomic mass is 9.92. The summed E-state index contributed by atoms with van der Waals surface area (Å²) in [6, 6.07) is 23.8. The summed E-state index contributed by atoms with van der Waals surface area (Å²) in [5.41, 5.74) is 5.53. The Bertz CT molecular complexity index is 1470. The largest absolute Gasteiger partial charge is 0.392 e. The topological polar surface area (TPSA) is 82.5 Å². The molecular formula is C33H33FN2O3. The molecule has 0 bridgehead atoms. The molecule has 0 aliphatic heterocycles. The van der Waals surface area contributed by atoms with Crippen LogP contribution in [0.25, 0.3) is 28.1 Å². The molecule has 0 radical (unpaired) electrons. The summed E-state index contributed by atoms with van der Waals surface area (Å²) in [6.07, 6.45) is 3.57. The number of carbonyl (C=O) groups excluding carboxylic acids is 1. The Balaban J connectivity index is 1.34. The number of halogens is 1. The van der Waals surface area contributed by atoms with Gasteiger partial charge in [-0.3, -0.25) is 9.78 Å². The van der Waals surface area contributed by atoms with Crippen molar-refractivity contribution in [2.45, 2.75) is 56.8 Å². The van der Waals surface area contributed by atoms with Crippen LogP contribution in [0.15, 0.2) is 84.9 Å². The number of amides is 1. The predicted molar refractivity (Wildman–Crippen MR) is 152 cm³/mol. The molecule has 4 aromatic rings. The summed E-state index contributed by atoms with van der Waals surface area (Å²) in [7, 11) is 0. The van der Waals surface area contributed by atoms with Crippen LogP contribution in [0, 0.1) is 5.82 Å². The molecule has 0 saturated heterocycles. The predicted octanol–water partition coefficient (Wildman–Crippen LogP) is 6.31. The second-order valence-electron chi connectivity index (χ2n) is 10.3. The number of hydrogen-bond donors (Lipinski definition) is 3. The lowest BCUT2D eigenvalue weighted by Crippen LogP contribution is -2.31. The summed E-state index contributed by atoms with van der Waals surface area (Å²) in [4.78, 5) is 17.4. The van der Waals surface area contributed by atoms with Crippen LogP contribution in [0.4, 0.5) is 4.39 Å². The van der Waals surface area contributed by atoms with Gasteiger partial charge in [-0.15, -0.1) is 0 Å². The van der Waals surface area contributed by atoms with Crippen molar-refractivity contribution in [3.8, 4) is 11.1 Å². The maximum atomic E-state index is 13.7. The van der Waals surface area contributed by atoms with Crippen LogP contribution in [0.3, 0.4) is 0 Å². The Hall–Kier alpha value is -3.87. The molecule has 0 unspecified atom stereocenters. The van der Waals surface area contributed by atoms with Gasteiger partial charge in [0.1, 0.15) is 5.82 Å². The van der Waals surface area contributed by atoms with Gasteiger partial charge in [0, 0.05) is 28.9 Å². The van der Waals surface area contributed by atoms with E-state index in [2.05, 4.69) is 5.32 Å². The summed E-state index contributed by atoms with van der Waals surface area (Å²) < 4.78 is 13.7. The highest BCUT2D eigenvalue weighted by Crippen LogP contribution is 2.45. The van der Waals surface area contributed by atoms with Crippen LogP contribution in [0.1, 0.15) is 61.4 Å². The van der Waals surface area contributed by atoms with E-state index in [0.29, 0.717) is 5.92 Å². The first-order chi connectivity index (χ1) is 18.9. The third-order valence-corrected chi connectivity index (χ3v) is 7.15. The lowest BCUT2D eigenvalue weighted by molar-refractivity contribution is -0.123. The van der Waals surface area contributed by atoms with Gasteiger partial charge in [0.05, 0.1) is 35.9 Å². The molecule has 200 valence electrons. The van der Waals surface area contributed by atoms with Crippen LogP contribution in [0.5, 0.6) is 0 Å². The van der Waals surface area contributed by atoms with Gasteiger partial charge in [0.2, 0.25) is 5.91 Å². The van der Waals surface area contributed by atoms with Gasteiger partial charge in [-0.2, -0.15) is 0 Å². The van der Waals surface area contributed by atoms with Crippen molar-refractivity contribution in [3.05, 3.63) is 108 Å². The quantitative estimate of drug-likeness (QED) is 0.227. The zero-order valence-corrected chi connectivity index (χ0v) is 21.9. The second kappa shape index (κ2) is 11.9. The van der Waals surface area contributed by atoms with Crippen LogP contribution in [-0.2, 0) is 4.79 Å². The third-order valence-electron chi connectivity index (χ3n) is 7.15. The second-order valence-corrected chi connectivity index (χ2v) is 10.3. The SMILES string of the molecule is C[C@H](NC(=O)C[C@@H](O)C[C@H](O)/C=C/c1c(C2CC2)nc2ccccc2c1-c1ccc(F)cc1)c1ccccc1. The van der Waals surface area contributed by atoms with E-state index in [4.69, 9.17) is 4.98 Å². The molecule has 1 saturated carbocycles. The molecule has 3 atom stereocenters. The molecule has 3 N–H and O–H groups in total. The van der Waals surface area contributed by atoms with Crippen LogP contribution < -0.4 is 5.32 Å². The first kappa shape index (κ1) is 26.7. The first-order valence-electron chi connectivity index (χ1n) is 13.5. The Morgan fingerprint density at radius 2 is 1.72 bits per heavy atom. The highest BCUT2D eigenvalue weighted by molar-refractivity contribution is 5.99. The van der Waals surface area contributed by atoms with Gasteiger partial charge in [-0.1, -0.05) is 72.8 Å². The van der Waals surface area contributed by atoms with Gasteiger partial charge in [0.15, 0.2) is 0 Å². The molecule has 6 heteroatoms. The Morgan fingerprint density at radius 1 is 1.03 bits per heavy atom. The van der Waals surface area contributed by atoms with Gasteiger partial charge < -0.3 is 15.5 Å². The lowest BCUT2D eigenvalue weighted by Gasteiger charge is -2.18. The Morgan fingerprint density at radius 3 is 2.44 bits per heavy atom. The van der Waals surface area contributed by atoms with E-state index in [1.165, 1.54) is 12.1 Å². The molecule has 3 aromatic carbocycles. The average Bonchev–Trinajstić information content (AvgIpc) is 3.77. The molecule has 1 fully saturated rings. The fourth-order valence-electron chi connectivity index (χ4n) is 5.00. The number of benzene rings is 3. The van der Waals surface area contributed by atoms with Crippen molar-refractivity contribution in [1.82, 2.24) is 10.3 Å². The van der Waals surface area contributed by atoms with E-state index >= 15 is 0 Å².